The summed E-state index contributed by atoms with van der Waals surface area (Å²) in [6, 6.07) is 8.00. The highest BCUT2D eigenvalue weighted by Crippen LogP contribution is 2.30. The number of rotatable bonds is 1. The van der Waals surface area contributed by atoms with Gasteiger partial charge in [0.05, 0.1) is 0 Å². The molecule has 0 fully saturated rings. The first kappa shape index (κ1) is 8.46. The van der Waals surface area contributed by atoms with Crippen LogP contribution in [0.1, 0.15) is 12.0 Å². The van der Waals surface area contributed by atoms with E-state index in [-0.39, 0.29) is 5.44 Å². The predicted molar refractivity (Wildman–Crippen MR) is 52.4 cm³/mol. The minimum atomic E-state index is 0.0138. The van der Waals surface area contributed by atoms with E-state index in [1.165, 1.54) is 17.3 Å². The Morgan fingerprint density at radius 2 is 2.31 bits per heavy atom. The van der Waals surface area contributed by atoms with Crippen LogP contribution in [0.25, 0.3) is 0 Å². The highest BCUT2D eigenvalue weighted by Gasteiger charge is 2.19. The summed E-state index contributed by atoms with van der Waals surface area (Å²) < 4.78 is 5.61. The second-order valence-electron chi connectivity index (χ2n) is 2.90. The molecular weight excluding hydrogens is 182 g/mol. The zero-order valence-electron chi connectivity index (χ0n) is 7.06. The number of hydrogen-bond donors (Lipinski definition) is 0. The van der Waals surface area contributed by atoms with Gasteiger partial charge in [0.1, 0.15) is 11.2 Å². The van der Waals surface area contributed by atoms with E-state index in [1.807, 2.05) is 18.2 Å². The summed E-state index contributed by atoms with van der Waals surface area (Å²) >= 11 is 1.20. The Morgan fingerprint density at radius 1 is 1.46 bits per heavy atom. The molecule has 0 aliphatic carbocycles. The average molecular weight is 191 g/mol. The Labute approximate surface area is 81.5 Å². The van der Waals surface area contributed by atoms with E-state index in [9.17, 15) is 0 Å². The van der Waals surface area contributed by atoms with E-state index < -0.39 is 0 Å². The maximum Gasteiger partial charge on any atom is 0.158 e. The standard InChI is InChI=1S/C10H9NOS/c11-7-13-10-6-5-8-3-1-2-4-9(8)12-10/h1-4,10H,5-6H2. The van der Waals surface area contributed by atoms with Crippen molar-refractivity contribution < 1.29 is 4.74 Å². The maximum absolute atomic E-state index is 8.50. The van der Waals surface area contributed by atoms with E-state index in [0.717, 1.165) is 18.6 Å². The van der Waals surface area contributed by atoms with Crippen molar-refractivity contribution in [2.45, 2.75) is 18.3 Å². The van der Waals surface area contributed by atoms with Crippen LogP contribution < -0.4 is 4.74 Å². The Morgan fingerprint density at radius 3 is 3.15 bits per heavy atom. The number of para-hydroxylation sites is 1. The molecule has 1 heterocycles. The van der Waals surface area contributed by atoms with Crippen LogP contribution in [0.2, 0.25) is 0 Å². The first-order chi connectivity index (χ1) is 6.40. The van der Waals surface area contributed by atoms with Crippen LogP contribution in [0.4, 0.5) is 0 Å². The molecule has 0 amide bonds. The van der Waals surface area contributed by atoms with Crippen molar-refractivity contribution >= 4 is 11.8 Å². The summed E-state index contributed by atoms with van der Waals surface area (Å²) in [4.78, 5) is 0. The fraction of sp³-hybridized carbons (Fsp3) is 0.300. The maximum atomic E-state index is 8.50. The highest BCUT2D eigenvalue weighted by molar-refractivity contribution is 8.04. The molecule has 2 rings (SSSR count). The van der Waals surface area contributed by atoms with Crippen molar-refractivity contribution in [3.63, 3.8) is 0 Å². The second-order valence-corrected chi connectivity index (χ2v) is 3.85. The van der Waals surface area contributed by atoms with Crippen molar-refractivity contribution in [2.75, 3.05) is 0 Å². The quantitative estimate of drug-likeness (QED) is 0.639. The highest BCUT2D eigenvalue weighted by atomic mass is 32.2. The molecule has 0 spiro atoms. The molecule has 3 heteroatoms. The van der Waals surface area contributed by atoms with Gasteiger partial charge < -0.3 is 4.74 Å². The van der Waals surface area contributed by atoms with Gasteiger partial charge in [-0.05, 0) is 36.2 Å². The number of hydrogen-bond acceptors (Lipinski definition) is 3. The third-order valence-electron chi connectivity index (χ3n) is 2.06. The fourth-order valence-corrected chi connectivity index (χ4v) is 1.95. The minimum absolute atomic E-state index is 0.0138. The van der Waals surface area contributed by atoms with Gasteiger partial charge in [0, 0.05) is 0 Å². The fourth-order valence-electron chi connectivity index (χ4n) is 1.44. The zero-order valence-corrected chi connectivity index (χ0v) is 7.88. The zero-order chi connectivity index (χ0) is 9.10. The molecule has 0 N–H and O–H groups in total. The Balaban J connectivity index is 2.16. The Hall–Kier alpha value is -1.14. The first-order valence-corrected chi connectivity index (χ1v) is 5.07. The van der Waals surface area contributed by atoms with Gasteiger partial charge in [0.15, 0.2) is 5.44 Å². The number of nitrogens with zero attached hydrogens (tertiary/aromatic N) is 1. The number of thiocyanates is 1. The lowest BCUT2D eigenvalue weighted by Gasteiger charge is -2.23. The minimum Gasteiger partial charge on any atom is -0.478 e. The van der Waals surface area contributed by atoms with E-state index in [4.69, 9.17) is 10.00 Å². The molecule has 1 aliphatic heterocycles. The molecule has 0 aromatic heterocycles. The van der Waals surface area contributed by atoms with Crippen molar-refractivity contribution in [2.24, 2.45) is 0 Å². The number of thioether (sulfide) groups is 1. The molecule has 0 saturated heterocycles. The SMILES string of the molecule is N#CSC1CCc2ccccc2O1. The summed E-state index contributed by atoms with van der Waals surface area (Å²) in [5, 5.41) is 10.6. The van der Waals surface area contributed by atoms with Crippen molar-refractivity contribution in [3.8, 4) is 11.2 Å². The van der Waals surface area contributed by atoms with E-state index in [0.29, 0.717) is 0 Å². The van der Waals surface area contributed by atoms with Crippen LogP contribution in [0.3, 0.4) is 0 Å². The molecule has 1 atom stereocenters. The number of ether oxygens (including phenoxy) is 1. The summed E-state index contributed by atoms with van der Waals surface area (Å²) in [7, 11) is 0. The summed E-state index contributed by atoms with van der Waals surface area (Å²) in [6.45, 7) is 0. The molecule has 13 heavy (non-hydrogen) atoms. The van der Waals surface area contributed by atoms with Crippen LogP contribution in [0, 0.1) is 10.7 Å². The van der Waals surface area contributed by atoms with Gasteiger partial charge in [-0.1, -0.05) is 18.2 Å². The number of nitriles is 1. The van der Waals surface area contributed by atoms with Crippen LogP contribution in [0.15, 0.2) is 24.3 Å². The van der Waals surface area contributed by atoms with Crippen LogP contribution in [-0.4, -0.2) is 5.44 Å². The lowest BCUT2D eigenvalue weighted by Crippen LogP contribution is -2.18. The van der Waals surface area contributed by atoms with Gasteiger partial charge in [-0.25, -0.2) is 0 Å². The second kappa shape index (κ2) is 3.71. The van der Waals surface area contributed by atoms with Gasteiger partial charge in [-0.15, -0.1) is 0 Å². The summed E-state index contributed by atoms with van der Waals surface area (Å²) in [6.07, 6.45) is 1.94. The van der Waals surface area contributed by atoms with E-state index in [1.54, 1.807) is 0 Å². The van der Waals surface area contributed by atoms with Crippen molar-refractivity contribution in [1.29, 1.82) is 5.26 Å². The number of aryl methyl sites for hydroxylation is 1. The third-order valence-corrected chi connectivity index (χ3v) is 2.76. The topological polar surface area (TPSA) is 33.0 Å². The van der Waals surface area contributed by atoms with Gasteiger partial charge in [0.2, 0.25) is 0 Å². The van der Waals surface area contributed by atoms with Gasteiger partial charge in [0.25, 0.3) is 0 Å². The lowest BCUT2D eigenvalue weighted by atomic mass is 10.1. The predicted octanol–water partition coefficient (Wildman–Crippen LogP) is 2.55. The number of fused-ring (bicyclic) bond motifs is 1. The van der Waals surface area contributed by atoms with Gasteiger partial charge >= 0.3 is 0 Å². The molecule has 1 unspecified atom stereocenters. The molecule has 1 aromatic rings. The van der Waals surface area contributed by atoms with Crippen molar-refractivity contribution in [1.82, 2.24) is 0 Å². The normalized spacial score (nSPS) is 19.8. The van der Waals surface area contributed by atoms with Gasteiger partial charge in [-0.2, -0.15) is 5.26 Å². The van der Waals surface area contributed by atoms with Crippen LogP contribution in [-0.2, 0) is 6.42 Å². The molecule has 0 saturated carbocycles. The van der Waals surface area contributed by atoms with Crippen LogP contribution in [0.5, 0.6) is 5.75 Å². The smallest absolute Gasteiger partial charge is 0.158 e. The largest absolute Gasteiger partial charge is 0.478 e. The Bertz CT molecular complexity index is 345. The Kier molecular flexibility index (Phi) is 2.42. The van der Waals surface area contributed by atoms with Gasteiger partial charge in [-0.3, -0.25) is 0 Å². The molecule has 1 aromatic carbocycles. The monoisotopic (exact) mass is 191 g/mol. The summed E-state index contributed by atoms with van der Waals surface area (Å²) in [5.74, 6) is 0.932. The molecular formula is C10H9NOS. The molecule has 66 valence electrons. The lowest BCUT2D eigenvalue weighted by molar-refractivity contribution is 0.257. The van der Waals surface area contributed by atoms with E-state index in [2.05, 4.69) is 11.5 Å². The summed E-state index contributed by atoms with van der Waals surface area (Å²) in [5.41, 5.74) is 1.26. The molecule has 1 aliphatic rings. The average Bonchev–Trinajstić information content (AvgIpc) is 2.18. The molecule has 2 nitrogen and oxygen atoms in total. The molecule has 0 radical (unpaired) electrons. The number of benzene rings is 1. The van der Waals surface area contributed by atoms with E-state index >= 15 is 0 Å². The molecule has 0 bridgehead atoms. The van der Waals surface area contributed by atoms with Crippen LogP contribution >= 0.6 is 11.8 Å². The third kappa shape index (κ3) is 1.78. The van der Waals surface area contributed by atoms with Crippen molar-refractivity contribution in [3.05, 3.63) is 29.8 Å². The first-order valence-electron chi connectivity index (χ1n) is 4.19.